The van der Waals surface area contributed by atoms with Crippen molar-refractivity contribution in [2.75, 3.05) is 25.0 Å². The van der Waals surface area contributed by atoms with E-state index in [1.807, 2.05) is 36.1 Å². The molecule has 3 amide bonds. The third-order valence-electron chi connectivity index (χ3n) is 6.48. The van der Waals surface area contributed by atoms with Gasteiger partial charge in [0, 0.05) is 42.8 Å². The number of rotatable bonds is 5. The van der Waals surface area contributed by atoms with Gasteiger partial charge >= 0.3 is 18.1 Å². The van der Waals surface area contributed by atoms with E-state index in [2.05, 4.69) is 5.32 Å². The Morgan fingerprint density at radius 3 is 2.62 bits per heavy atom. The van der Waals surface area contributed by atoms with E-state index in [1.165, 1.54) is 4.90 Å². The van der Waals surface area contributed by atoms with E-state index in [0.717, 1.165) is 23.2 Å². The number of carbonyl (C=O) groups excluding carboxylic acids is 2. The Balaban J connectivity index is 1.32. The van der Waals surface area contributed by atoms with Crippen LogP contribution in [-0.4, -0.2) is 64.8 Å². The second kappa shape index (κ2) is 10.3. The van der Waals surface area contributed by atoms with Gasteiger partial charge in [-0.25, -0.2) is 14.4 Å². The molecule has 0 spiro atoms. The number of amides is 3. The Hall–Kier alpha value is -3.26. The van der Waals surface area contributed by atoms with Crippen LogP contribution in [0.5, 0.6) is 0 Å². The lowest BCUT2D eigenvalue weighted by molar-refractivity contribution is -0.147. The van der Waals surface area contributed by atoms with Crippen LogP contribution in [-0.2, 0) is 22.4 Å². The molecule has 2 aromatic rings. The molecule has 0 radical (unpaired) electrons. The van der Waals surface area contributed by atoms with Crippen LogP contribution in [0.1, 0.15) is 29.5 Å². The SMILES string of the molecule is Cc1ccc(CC(OC(=O)N2CCC(N3CCc4ccccc4NC3=O)CC2)C(=O)O)cc1Cl. The minimum atomic E-state index is -1.31. The number of ether oxygens (including phenoxy) is 1. The molecular formula is C25H28ClN3O5. The van der Waals surface area contributed by atoms with Gasteiger partial charge in [-0.15, -0.1) is 0 Å². The Kier molecular flexibility index (Phi) is 7.26. The molecule has 2 aliphatic rings. The molecular weight excluding hydrogens is 458 g/mol. The number of para-hydroxylation sites is 1. The third-order valence-corrected chi connectivity index (χ3v) is 6.89. The van der Waals surface area contributed by atoms with Crippen molar-refractivity contribution in [1.29, 1.82) is 0 Å². The summed E-state index contributed by atoms with van der Waals surface area (Å²) < 4.78 is 5.34. The summed E-state index contributed by atoms with van der Waals surface area (Å²) >= 11 is 6.13. The maximum absolute atomic E-state index is 12.8. The summed E-state index contributed by atoms with van der Waals surface area (Å²) in [6.07, 6.45) is 0.0385. The van der Waals surface area contributed by atoms with E-state index in [4.69, 9.17) is 16.3 Å². The highest BCUT2D eigenvalue weighted by Crippen LogP contribution is 2.25. The summed E-state index contributed by atoms with van der Waals surface area (Å²) in [7, 11) is 0. The fourth-order valence-corrected chi connectivity index (χ4v) is 4.65. The number of aliphatic carboxylic acids is 1. The van der Waals surface area contributed by atoms with Gasteiger partial charge in [0.15, 0.2) is 0 Å². The van der Waals surface area contributed by atoms with Crippen LogP contribution in [0.25, 0.3) is 0 Å². The summed E-state index contributed by atoms with van der Waals surface area (Å²) in [5, 5.41) is 13.1. The first kappa shape index (κ1) is 23.9. The molecule has 0 bridgehead atoms. The van der Waals surface area contributed by atoms with Crippen LogP contribution in [0.4, 0.5) is 15.3 Å². The molecule has 2 aliphatic heterocycles. The predicted molar refractivity (Wildman–Crippen MR) is 128 cm³/mol. The van der Waals surface area contributed by atoms with Crippen molar-refractivity contribution in [3.05, 3.63) is 64.2 Å². The zero-order chi connectivity index (χ0) is 24.2. The Morgan fingerprint density at radius 1 is 1.18 bits per heavy atom. The minimum Gasteiger partial charge on any atom is -0.478 e. The zero-order valence-electron chi connectivity index (χ0n) is 19.0. The van der Waals surface area contributed by atoms with E-state index in [0.29, 0.717) is 43.1 Å². The van der Waals surface area contributed by atoms with Crippen molar-refractivity contribution in [2.24, 2.45) is 0 Å². The molecule has 1 atom stereocenters. The van der Waals surface area contributed by atoms with Gasteiger partial charge in [-0.3, -0.25) is 0 Å². The molecule has 1 saturated heterocycles. The van der Waals surface area contributed by atoms with Gasteiger partial charge in [-0.1, -0.05) is 41.9 Å². The fourth-order valence-electron chi connectivity index (χ4n) is 4.45. The van der Waals surface area contributed by atoms with Gasteiger partial charge in [-0.05, 0) is 55.0 Å². The fraction of sp³-hybridized carbons (Fsp3) is 0.400. The molecule has 4 rings (SSSR count). The van der Waals surface area contributed by atoms with Crippen LogP contribution in [0.15, 0.2) is 42.5 Å². The average molecular weight is 486 g/mol. The zero-order valence-corrected chi connectivity index (χ0v) is 19.8. The largest absolute Gasteiger partial charge is 0.478 e. The van der Waals surface area contributed by atoms with Crippen LogP contribution < -0.4 is 5.32 Å². The van der Waals surface area contributed by atoms with E-state index < -0.39 is 18.2 Å². The highest BCUT2D eigenvalue weighted by molar-refractivity contribution is 6.31. The van der Waals surface area contributed by atoms with Crippen molar-refractivity contribution in [1.82, 2.24) is 9.80 Å². The first-order valence-corrected chi connectivity index (χ1v) is 11.8. The Labute approximate surface area is 203 Å². The minimum absolute atomic E-state index is 0.00309. The van der Waals surface area contributed by atoms with E-state index in [1.54, 1.807) is 18.2 Å². The molecule has 1 fully saturated rings. The molecule has 34 heavy (non-hydrogen) atoms. The molecule has 2 heterocycles. The number of likely N-dealkylation sites (tertiary alicyclic amines) is 1. The highest BCUT2D eigenvalue weighted by atomic mass is 35.5. The van der Waals surface area contributed by atoms with Crippen molar-refractivity contribution in [3.63, 3.8) is 0 Å². The monoisotopic (exact) mass is 485 g/mol. The predicted octanol–water partition coefficient (Wildman–Crippen LogP) is 4.34. The summed E-state index contributed by atoms with van der Waals surface area (Å²) in [6.45, 7) is 3.25. The number of anilines is 1. The first-order chi connectivity index (χ1) is 16.3. The molecule has 2 N–H and O–H groups in total. The molecule has 0 aromatic heterocycles. The number of carboxylic acids is 1. The number of carboxylic acid groups (broad SMARTS) is 1. The maximum atomic E-state index is 12.8. The number of fused-ring (bicyclic) bond motifs is 1. The van der Waals surface area contributed by atoms with E-state index in [-0.39, 0.29) is 18.5 Å². The first-order valence-electron chi connectivity index (χ1n) is 11.4. The summed E-state index contributed by atoms with van der Waals surface area (Å²) in [6, 6.07) is 12.9. The van der Waals surface area contributed by atoms with Crippen LogP contribution in [0.3, 0.4) is 0 Å². The number of hydrogen-bond acceptors (Lipinski definition) is 4. The molecule has 0 saturated carbocycles. The second-order valence-corrected chi connectivity index (χ2v) is 9.15. The van der Waals surface area contributed by atoms with Gasteiger partial charge in [0.1, 0.15) is 0 Å². The number of aryl methyl sites for hydroxylation is 1. The Morgan fingerprint density at radius 2 is 1.91 bits per heavy atom. The van der Waals surface area contributed by atoms with Gasteiger partial charge in [0.2, 0.25) is 6.10 Å². The van der Waals surface area contributed by atoms with Crippen molar-refractivity contribution < 1.29 is 24.2 Å². The number of benzene rings is 2. The number of carbonyl (C=O) groups is 3. The highest BCUT2D eigenvalue weighted by Gasteiger charge is 2.33. The Bertz CT molecular complexity index is 1080. The van der Waals surface area contributed by atoms with Crippen molar-refractivity contribution in [3.8, 4) is 0 Å². The summed E-state index contributed by atoms with van der Waals surface area (Å²) in [5.41, 5.74) is 3.52. The lowest BCUT2D eigenvalue weighted by atomic mass is 10.0. The molecule has 9 heteroatoms. The van der Waals surface area contributed by atoms with Crippen LogP contribution in [0.2, 0.25) is 5.02 Å². The normalized spacial score (nSPS) is 17.4. The lowest BCUT2D eigenvalue weighted by Gasteiger charge is -2.37. The third kappa shape index (κ3) is 5.44. The standard InChI is InChI=1S/C25H28ClN3O5/c1-16-6-7-17(14-20(16)26)15-22(23(30)31)34-25(33)28-11-9-19(10-12-28)29-13-8-18-4-2-3-5-21(18)27-24(29)32/h2-7,14,19,22H,8-13,15H2,1H3,(H,27,32)(H,30,31). The number of halogens is 1. The van der Waals surface area contributed by atoms with Gasteiger partial charge < -0.3 is 25.0 Å². The maximum Gasteiger partial charge on any atom is 0.410 e. The summed E-state index contributed by atoms with van der Waals surface area (Å²) in [5.74, 6) is -1.21. The van der Waals surface area contributed by atoms with Gasteiger partial charge in [0.25, 0.3) is 0 Å². The quantitative estimate of drug-likeness (QED) is 0.656. The van der Waals surface area contributed by atoms with Crippen LogP contribution in [0, 0.1) is 6.92 Å². The van der Waals surface area contributed by atoms with E-state index in [9.17, 15) is 19.5 Å². The lowest BCUT2D eigenvalue weighted by Crippen LogP contribution is -2.50. The smallest absolute Gasteiger partial charge is 0.410 e. The molecule has 2 aromatic carbocycles. The number of piperidine rings is 1. The number of hydrogen-bond donors (Lipinski definition) is 2. The van der Waals surface area contributed by atoms with Crippen molar-refractivity contribution in [2.45, 2.75) is 44.8 Å². The van der Waals surface area contributed by atoms with Crippen LogP contribution >= 0.6 is 11.6 Å². The van der Waals surface area contributed by atoms with Gasteiger partial charge in [0.05, 0.1) is 0 Å². The topological polar surface area (TPSA) is 99.2 Å². The van der Waals surface area contributed by atoms with E-state index >= 15 is 0 Å². The number of nitrogens with zero attached hydrogens (tertiary/aromatic N) is 2. The van der Waals surface area contributed by atoms with Crippen molar-refractivity contribution >= 4 is 35.4 Å². The number of nitrogens with one attached hydrogen (secondary N) is 1. The molecule has 8 nitrogen and oxygen atoms in total. The molecule has 0 aliphatic carbocycles. The van der Waals surface area contributed by atoms with Gasteiger partial charge in [-0.2, -0.15) is 0 Å². The number of urea groups is 1. The second-order valence-electron chi connectivity index (χ2n) is 8.75. The summed E-state index contributed by atoms with van der Waals surface area (Å²) in [4.78, 5) is 40.5. The average Bonchev–Trinajstić information content (AvgIpc) is 2.99. The molecule has 1 unspecified atom stereocenters. The molecule has 180 valence electrons.